The van der Waals surface area contributed by atoms with Crippen molar-refractivity contribution in [3.8, 4) is 16.9 Å². The van der Waals surface area contributed by atoms with Crippen LogP contribution < -0.4 is 14.5 Å². The third kappa shape index (κ3) is 5.06. The predicted molar refractivity (Wildman–Crippen MR) is 169 cm³/mol. The molecule has 0 spiro atoms. The van der Waals surface area contributed by atoms with Gasteiger partial charge in [-0.15, -0.1) is 0 Å². The zero-order valence-corrected chi connectivity index (χ0v) is 24.5. The first-order valence-corrected chi connectivity index (χ1v) is 14.7. The first-order valence-electron chi connectivity index (χ1n) is 14.7. The van der Waals surface area contributed by atoms with Gasteiger partial charge in [-0.25, -0.2) is 0 Å². The van der Waals surface area contributed by atoms with Gasteiger partial charge in [0.25, 0.3) is 11.8 Å². The molecule has 220 valence electrons. The molecule has 5 aromatic rings. The first kappa shape index (κ1) is 27.4. The maximum atomic E-state index is 14.1. The fraction of sp³-hybridized carbons (Fsp3) is 0.200. The smallest absolute Gasteiger partial charge is 0.270 e. The van der Waals surface area contributed by atoms with E-state index < -0.39 is 0 Å². The second-order valence-corrected chi connectivity index (χ2v) is 11.0. The van der Waals surface area contributed by atoms with Gasteiger partial charge in [-0.1, -0.05) is 24.3 Å². The molecule has 1 saturated heterocycles. The summed E-state index contributed by atoms with van der Waals surface area (Å²) in [7, 11) is 1.61. The van der Waals surface area contributed by atoms with E-state index in [4.69, 9.17) is 4.74 Å². The van der Waals surface area contributed by atoms with Crippen molar-refractivity contribution in [3.05, 3.63) is 126 Å². The number of piperazine rings is 1. The van der Waals surface area contributed by atoms with Crippen molar-refractivity contribution in [2.45, 2.75) is 13.1 Å². The molecule has 44 heavy (non-hydrogen) atoms. The number of benzene rings is 2. The molecular weight excluding hydrogens is 552 g/mol. The zero-order chi connectivity index (χ0) is 30.0. The Kier molecular flexibility index (Phi) is 7.27. The maximum Gasteiger partial charge on any atom is 0.270 e. The van der Waals surface area contributed by atoms with Crippen LogP contribution >= 0.6 is 0 Å². The molecule has 1 fully saturated rings. The molecule has 5 heterocycles. The molecule has 2 aromatic carbocycles. The van der Waals surface area contributed by atoms with E-state index in [0.29, 0.717) is 43.2 Å². The van der Waals surface area contributed by atoms with Gasteiger partial charge in [0.2, 0.25) is 0 Å². The van der Waals surface area contributed by atoms with Crippen LogP contribution in [0.3, 0.4) is 0 Å². The lowest BCUT2D eigenvalue weighted by Gasteiger charge is -2.36. The summed E-state index contributed by atoms with van der Waals surface area (Å²) in [5, 5.41) is 0. The van der Waals surface area contributed by atoms with Gasteiger partial charge >= 0.3 is 0 Å². The number of hydrogen-bond donors (Lipinski definition) is 0. The largest absolute Gasteiger partial charge is 0.496 e. The van der Waals surface area contributed by atoms with E-state index in [2.05, 4.69) is 19.4 Å². The maximum absolute atomic E-state index is 14.1. The van der Waals surface area contributed by atoms with Gasteiger partial charge in [-0.3, -0.25) is 19.6 Å². The molecule has 3 aromatic heterocycles. The topological polar surface area (TPSA) is 83.8 Å². The highest BCUT2D eigenvalue weighted by atomic mass is 16.5. The van der Waals surface area contributed by atoms with Gasteiger partial charge in [0.15, 0.2) is 0 Å². The number of fused-ring (bicyclic) bond motifs is 2. The minimum Gasteiger partial charge on any atom is -0.496 e. The summed E-state index contributed by atoms with van der Waals surface area (Å²) in [5.74, 6) is 0.481. The highest BCUT2D eigenvalue weighted by Crippen LogP contribution is 2.34. The van der Waals surface area contributed by atoms with E-state index in [0.717, 1.165) is 46.8 Å². The summed E-state index contributed by atoms with van der Waals surface area (Å²) in [6.07, 6.45) is 7.09. The second kappa shape index (κ2) is 11.7. The lowest BCUT2D eigenvalue weighted by molar-refractivity contribution is 0.0736. The number of ether oxygens (including phenoxy) is 1. The third-order valence-corrected chi connectivity index (χ3v) is 8.48. The van der Waals surface area contributed by atoms with E-state index in [1.807, 2.05) is 77.7 Å². The number of hydrogen-bond acceptors (Lipinski definition) is 6. The predicted octanol–water partition coefficient (Wildman–Crippen LogP) is 5.12. The number of nitrogens with zero attached hydrogens (tertiary/aromatic N) is 6. The van der Waals surface area contributed by atoms with E-state index in [1.165, 1.54) is 0 Å². The van der Waals surface area contributed by atoms with Crippen molar-refractivity contribution in [1.82, 2.24) is 19.4 Å². The minimum atomic E-state index is -0.136. The van der Waals surface area contributed by atoms with Crippen molar-refractivity contribution >= 4 is 23.2 Å². The Balaban J connectivity index is 1.16. The lowest BCUT2D eigenvalue weighted by atomic mass is 10.0. The van der Waals surface area contributed by atoms with Gasteiger partial charge in [-0.2, -0.15) is 0 Å². The molecule has 0 aliphatic carbocycles. The number of carbonyl (C=O) groups is 2. The standard InChI is InChI=1S/C35H32N6O3/c1-44-33-21-25(8-10-30(33)26-6-4-14-37-22-26)34(42)41-24-29-9-11-32(40(29)23-27-5-2-3-7-31(27)41)35(43)39-19-17-38(18-20-39)28-12-15-36-16-13-28/h2-16,21-22H,17-20,23-24H2,1H3. The molecule has 9 heteroatoms. The number of amides is 2. The molecule has 9 nitrogen and oxygen atoms in total. The number of anilines is 2. The van der Waals surface area contributed by atoms with Gasteiger partial charge in [0, 0.05) is 84.7 Å². The lowest BCUT2D eigenvalue weighted by Crippen LogP contribution is -2.49. The Bertz CT molecular complexity index is 1810. The van der Waals surface area contributed by atoms with Crippen molar-refractivity contribution in [2.24, 2.45) is 0 Å². The molecular formula is C35H32N6O3. The fourth-order valence-electron chi connectivity index (χ4n) is 6.15. The Hall–Kier alpha value is -5.44. The highest BCUT2D eigenvalue weighted by Gasteiger charge is 2.30. The molecule has 0 radical (unpaired) electrons. The van der Waals surface area contributed by atoms with Crippen molar-refractivity contribution in [1.29, 1.82) is 0 Å². The third-order valence-electron chi connectivity index (χ3n) is 8.48. The van der Waals surface area contributed by atoms with Crippen LogP contribution in [0.2, 0.25) is 0 Å². The van der Waals surface area contributed by atoms with Gasteiger partial charge in [0.05, 0.1) is 20.2 Å². The number of rotatable bonds is 5. The Morgan fingerprint density at radius 1 is 0.773 bits per heavy atom. The van der Waals surface area contributed by atoms with E-state index in [-0.39, 0.29) is 11.8 Å². The average molecular weight is 585 g/mol. The molecule has 2 aliphatic heterocycles. The zero-order valence-electron chi connectivity index (χ0n) is 24.5. The summed E-state index contributed by atoms with van der Waals surface area (Å²) in [5.41, 5.74) is 6.79. The molecule has 0 atom stereocenters. The monoisotopic (exact) mass is 584 g/mol. The minimum absolute atomic E-state index is 0.0126. The van der Waals surface area contributed by atoms with Crippen molar-refractivity contribution in [2.75, 3.05) is 43.1 Å². The SMILES string of the molecule is COc1cc(C(=O)N2Cc3ccc(C(=O)N4CCN(c5ccncc5)CC4)n3Cc3ccccc32)ccc1-c1cccnc1. The van der Waals surface area contributed by atoms with Crippen LogP contribution in [0.15, 0.2) is 104 Å². The molecule has 0 saturated carbocycles. The van der Waals surface area contributed by atoms with Gasteiger partial charge < -0.3 is 24.0 Å². The summed E-state index contributed by atoms with van der Waals surface area (Å²) in [6.45, 7) is 3.64. The number of aromatic nitrogens is 3. The van der Waals surface area contributed by atoms with Gasteiger partial charge in [-0.05, 0) is 60.2 Å². The highest BCUT2D eigenvalue weighted by molar-refractivity contribution is 6.07. The molecule has 0 bridgehead atoms. The average Bonchev–Trinajstić information content (AvgIpc) is 3.41. The summed E-state index contributed by atoms with van der Waals surface area (Å²) in [6, 6.07) is 25.2. The number of para-hydroxylation sites is 1. The van der Waals surface area contributed by atoms with Crippen LogP contribution in [0, 0.1) is 0 Å². The molecule has 7 rings (SSSR count). The Morgan fingerprint density at radius 2 is 1.59 bits per heavy atom. The van der Waals surface area contributed by atoms with Crippen molar-refractivity contribution < 1.29 is 14.3 Å². The normalized spacial score (nSPS) is 14.4. The summed E-state index contributed by atoms with van der Waals surface area (Å²) < 4.78 is 7.76. The Morgan fingerprint density at radius 3 is 2.36 bits per heavy atom. The van der Waals surface area contributed by atoms with Crippen LogP contribution in [0.5, 0.6) is 5.75 Å². The fourth-order valence-corrected chi connectivity index (χ4v) is 6.15. The molecule has 2 amide bonds. The van der Waals surface area contributed by atoms with Crippen LogP contribution in [0.1, 0.15) is 32.1 Å². The van der Waals surface area contributed by atoms with E-state index >= 15 is 0 Å². The quantitative estimate of drug-likeness (QED) is 0.285. The van der Waals surface area contributed by atoms with Crippen LogP contribution in [0.4, 0.5) is 11.4 Å². The number of pyridine rings is 2. The second-order valence-electron chi connectivity index (χ2n) is 11.0. The van der Waals surface area contributed by atoms with Gasteiger partial charge in [0.1, 0.15) is 11.4 Å². The number of methoxy groups -OCH3 is 1. The first-order chi connectivity index (χ1) is 21.6. The van der Waals surface area contributed by atoms with Crippen LogP contribution in [-0.4, -0.2) is 64.5 Å². The Labute approximate surface area is 256 Å². The molecule has 0 N–H and O–H groups in total. The molecule has 0 unspecified atom stereocenters. The van der Waals surface area contributed by atoms with Crippen molar-refractivity contribution in [3.63, 3.8) is 0 Å². The summed E-state index contributed by atoms with van der Waals surface area (Å²) in [4.78, 5) is 42.3. The number of carbonyl (C=O) groups excluding carboxylic acids is 2. The molecule has 2 aliphatic rings. The van der Waals surface area contributed by atoms with E-state index in [9.17, 15) is 9.59 Å². The summed E-state index contributed by atoms with van der Waals surface area (Å²) >= 11 is 0. The van der Waals surface area contributed by atoms with Crippen LogP contribution in [-0.2, 0) is 13.1 Å². The van der Waals surface area contributed by atoms with E-state index in [1.54, 1.807) is 42.9 Å². The van der Waals surface area contributed by atoms with Crippen LogP contribution in [0.25, 0.3) is 11.1 Å².